The van der Waals surface area contributed by atoms with Crippen LogP contribution in [0, 0.1) is 0 Å². The summed E-state index contributed by atoms with van der Waals surface area (Å²) in [5.74, 6) is -1.07. The number of nitrogens with zero attached hydrogens (tertiary/aromatic N) is 1. The Kier molecular flexibility index (Phi) is 3.31. The standard InChI is InChI=1S/C8H10ClNO3/c9-4-1-5-10-6(8(12)13)2-3-7(10)11/h1,4,6H,2-3,5H2,(H,12,13). The number of hydrogen-bond acceptors (Lipinski definition) is 2. The predicted octanol–water partition coefficient (Wildman–Crippen LogP) is 0.815. The Balaban J connectivity index is 2.65. The highest BCUT2D eigenvalue weighted by Gasteiger charge is 2.34. The fraction of sp³-hybridized carbons (Fsp3) is 0.500. The normalized spacial score (nSPS) is 23.0. The molecule has 1 heterocycles. The number of carboxylic acid groups (broad SMARTS) is 1. The molecule has 0 aromatic heterocycles. The van der Waals surface area contributed by atoms with Crippen LogP contribution in [0.3, 0.4) is 0 Å². The van der Waals surface area contributed by atoms with Crippen molar-refractivity contribution in [3.8, 4) is 0 Å². The zero-order valence-corrected chi connectivity index (χ0v) is 7.70. The van der Waals surface area contributed by atoms with E-state index in [1.165, 1.54) is 10.4 Å². The van der Waals surface area contributed by atoms with E-state index in [0.29, 0.717) is 12.8 Å². The first-order chi connectivity index (χ1) is 6.16. The minimum absolute atomic E-state index is 0.123. The molecule has 1 amide bonds. The Labute approximate surface area is 80.8 Å². The van der Waals surface area contributed by atoms with Crippen molar-refractivity contribution in [3.63, 3.8) is 0 Å². The van der Waals surface area contributed by atoms with E-state index in [0.717, 1.165) is 0 Å². The van der Waals surface area contributed by atoms with Crippen molar-refractivity contribution in [2.45, 2.75) is 18.9 Å². The molecule has 0 spiro atoms. The number of hydrogen-bond donors (Lipinski definition) is 1. The Morgan fingerprint density at radius 1 is 1.77 bits per heavy atom. The molecule has 4 nitrogen and oxygen atoms in total. The molecule has 13 heavy (non-hydrogen) atoms. The molecule has 5 heteroatoms. The van der Waals surface area contributed by atoms with Crippen molar-refractivity contribution in [3.05, 3.63) is 11.6 Å². The number of halogens is 1. The number of carboxylic acids is 1. The van der Waals surface area contributed by atoms with Crippen LogP contribution in [0.1, 0.15) is 12.8 Å². The van der Waals surface area contributed by atoms with Gasteiger partial charge in [-0.05, 0) is 6.42 Å². The summed E-state index contributed by atoms with van der Waals surface area (Å²) in [5, 5.41) is 8.75. The number of likely N-dealkylation sites (tertiary alicyclic amines) is 1. The van der Waals surface area contributed by atoms with Crippen molar-refractivity contribution < 1.29 is 14.7 Å². The van der Waals surface area contributed by atoms with Gasteiger partial charge in [0, 0.05) is 18.5 Å². The summed E-state index contributed by atoms with van der Waals surface area (Å²) in [7, 11) is 0. The van der Waals surface area contributed by atoms with Crippen LogP contribution in [0.25, 0.3) is 0 Å². The molecule has 72 valence electrons. The van der Waals surface area contributed by atoms with E-state index in [2.05, 4.69) is 0 Å². The molecule has 1 aliphatic rings. The molecule has 1 fully saturated rings. The number of aliphatic carboxylic acids is 1. The van der Waals surface area contributed by atoms with E-state index in [1.54, 1.807) is 6.08 Å². The average Bonchev–Trinajstić information content (AvgIpc) is 2.43. The monoisotopic (exact) mass is 203 g/mol. The molecule has 1 aliphatic heterocycles. The van der Waals surface area contributed by atoms with Crippen LogP contribution in [0.15, 0.2) is 11.6 Å². The van der Waals surface area contributed by atoms with Crippen LogP contribution in [-0.2, 0) is 9.59 Å². The van der Waals surface area contributed by atoms with Gasteiger partial charge in [-0.2, -0.15) is 0 Å². The summed E-state index contributed by atoms with van der Waals surface area (Å²) in [6, 6.07) is -0.680. The first-order valence-electron chi connectivity index (χ1n) is 3.94. The fourth-order valence-electron chi connectivity index (χ4n) is 1.37. The van der Waals surface area contributed by atoms with Crippen LogP contribution >= 0.6 is 11.6 Å². The smallest absolute Gasteiger partial charge is 0.326 e. The minimum atomic E-state index is -0.950. The quantitative estimate of drug-likeness (QED) is 0.739. The van der Waals surface area contributed by atoms with Gasteiger partial charge >= 0.3 is 5.97 Å². The van der Waals surface area contributed by atoms with Gasteiger partial charge in [0.25, 0.3) is 0 Å². The lowest BCUT2D eigenvalue weighted by molar-refractivity contribution is -0.145. The van der Waals surface area contributed by atoms with Gasteiger partial charge in [-0.15, -0.1) is 0 Å². The van der Waals surface area contributed by atoms with Gasteiger partial charge in [0.05, 0.1) is 0 Å². The first kappa shape index (κ1) is 10.1. The van der Waals surface area contributed by atoms with Crippen LogP contribution < -0.4 is 0 Å². The molecule has 0 aromatic carbocycles. The lowest BCUT2D eigenvalue weighted by Gasteiger charge is -2.19. The van der Waals surface area contributed by atoms with Crippen LogP contribution in [0.5, 0.6) is 0 Å². The van der Waals surface area contributed by atoms with Crippen molar-refractivity contribution in [1.29, 1.82) is 0 Å². The first-order valence-corrected chi connectivity index (χ1v) is 4.38. The summed E-state index contributed by atoms with van der Waals surface area (Å²) in [4.78, 5) is 23.2. The summed E-state index contributed by atoms with van der Waals surface area (Å²) in [6.07, 6.45) is 2.26. The molecule has 0 aliphatic carbocycles. The van der Waals surface area contributed by atoms with Gasteiger partial charge in [0.15, 0.2) is 0 Å². The Morgan fingerprint density at radius 3 is 3.00 bits per heavy atom. The minimum Gasteiger partial charge on any atom is -0.480 e. The average molecular weight is 204 g/mol. The fourth-order valence-corrected chi connectivity index (χ4v) is 1.45. The van der Waals surface area contributed by atoms with Gasteiger partial charge in [0.1, 0.15) is 6.04 Å². The summed E-state index contributed by atoms with van der Waals surface area (Å²) in [5.41, 5.74) is 1.28. The van der Waals surface area contributed by atoms with E-state index in [4.69, 9.17) is 16.7 Å². The van der Waals surface area contributed by atoms with Gasteiger partial charge in [-0.3, -0.25) is 4.79 Å². The molecule has 0 radical (unpaired) electrons. The number of carbonyl (C=O) groups excluding carboxylic acids is 1. The van der Waals surface area contributed by atoms with E-state index >= 15 is 0 Å². The van der Waals surface area contributed by atoms with E-state index in [1.807, 2.05) is 0 Å². The van der Waals surface area contributed by atoms with Crippen LogP contribution in [0.4, 0.5) is 0 Å². The molecule has 1 unspecified atom stereocenters. The Bertz CT molecular complexity index is 252. The highest BCUT2D eigenvalue weighted by Crippen LogP contribution is 2.18. The van der Waals surface area contributed by atoms with E-state index < -0.39 is 12.0 Å². The van der Waals surface area contributed by atoms with Gasteiger partial charge < -0.3 is 10.0 Å². The number of carbonyl (C=O) groups is 2. The van der Waals surface area contributed by atoms with E-state index in [9.17, 15) is 9.59 Å². The second-order valence-corrected chi connectivity index (χ2v) is 3.05. The van der Waals surface area contributed by atoms with Crippen molar-refractivity contribution in [2.24, 2.45) is 0 Å². The second kappa shape index (κ2) is 4.28. The molecule has 1 N–H and O–H groups in total. The largest absolute Gasteiger partial charge is 0.480 e. The zero-order chi connectivity index (χ0) is 9.84. The van der Waals surface area contributed by atoms with Crippen LogP contribution in [0.2, 0.25) is 0 Å². The third-order valence-electron chi connectivity index (χ3n) is 2.00. The van der Waals surface area contributed by atoms with E-state index in [-0.39, 0.29) is 12.5 Å². The van der Waals surface area contributed by atoms with Crippen LogP contribution in [-0.4, -0.2) is 34.5 Å². The Hall–Kier alpha value is -1.03. The molecule has 0 bridgehead atoms. The third kappa shape index (κ3) is 2.21. The highest BCUT2D eigenvalue weighted by atomic mass is 35.5. The van der Waals surface area contributed by atoms with Gasteiger partial charge in [0.2, 0.25) is 5.91 Å². The van der Waals surface area contributed by atoms with Crippen molar-refractivity contribution >= 4 is 23.5 Å². The van der Waals surface area contributed by atoms with Gasteiger partial charge in [-0.25, -0.2) is 4.79 Å². The lowest BCUT2D eigenvalue weighted by Crippen LogP contribution is -2.38. The van der Waals surface area contributed by atoms with Gasteiger partial charge in [-0.1, -0.05) is 17.7 Å². The molecule has 1 atom stereocenters. The SMILES string of the molecule is O=C(O)C1CCC(=O)N1CC=CCl. The number of amides is 1. The molecule has 0 saturated carbocycles. The zero-order valence-electron chi connectivity index (χ0n) is 6.94. The third-order valence-corrected chi connectivity index (χ3v) is 2.18. The van der Waals surface area contributed by atoms with Crippen molar-refractivity contribution in [2.75, 3.05) is 6.54 Å². The maximum absolute atomic E-state index is 11.2. The summed E-state index contributed by atoms with van der Waals surface area (Å²) >= 11 is 5.29. The molecule has 1 saturated heterocycles. The Morgan fingerprint density at radius 2 is 2.46 bits per heavy atom. The van der Waals surface area contributed by atoms with Crippen molar-refractivity contribution in [1.82, 2.24) is 4.90 Å². The molecular weight excluding hydrogens is 194 g/mol. The maximum atomic E-state index is 11.2. The number of rotatable bonds is 3. The topological polar surface area (TPSA) is 57.6 Å². The summed E-state index contributed by atoms with van der Waals surface area (Å²) in [6.45, 7) is 0.277. The summed E-state index contributed by atoms with van der Waals surface area (Å²) < 4.78 is 0. The highest BCUT2D eigenvalue weighted by molar-refractivity contribution is 6.25. The molecule has 0 aromatic rings. The molecular formula is C8H10ClNO3. The predicted molar refractivity (Wildman–Crippen MR) is 47.4 cm³/mol. The molecule has 1 rings (SSSR count). The second-order valence-electron chi connectivity index (χ2n) is 2.80. The lowest BCUT2D eigenvalue weighted by atomic mass is 10.2. The maximum Gasteiger partial charge on any atom is 0.326 e.